The Hall–Kier alpha value is -0.0400. The van der Waals surface area contributed by atoms with Gasteiger partial charge in [-0.15, -0.1) is 0 Å². The van der Waals surface area contributed by atoms with Gasteiger partial charge in [0.05, 0.1) is 0 Å². The molecule has 1 heteroatoms. The molecule has 68 valence electrons. The van der Waals surface area contributed by atoms with Gasteiger partial charge in [-0.1, -0.05) is 27.7 Å². The highest BCUT2D eigenvalue weighted by atomic mass is 15.0. The van der Waals surface area contributed by atoms with Crippen molar-refractivity contribution in [1.29, 1.82) is 0 Å². The summed E-state index contributed by atoms with van der Waals surface area (Å²) >= 11 is 0. The third kappa shape index (κ3) is 6.36. The van der Waals surface area contributed by atoms with E-state index in [4.69, 9.17) is 0 Å². The first-order valence-corrected chi connectivity index (χ1v) is 4.61. The van der Waals surface area contributed by atoms with Gasteiger partial charge in [-0.05, 0) is 26.2 Å². The van der Waals surface area contributed by atoms with Crippen LogP contribution in [0.25, 0.3) is 0 Å². The van der Waals surface area contributed by atoms with E-state index in [0.29, 0.717) is 11.6 Å². The Morgan fingerprint density at radius 1 is 1.09 bits per heavy atom. The molecule has 0 aliphatic carbocycles. The number of nitrogens with one attached hydrogen (secondary N) is 1. The molecule has 0 atom stereocenters. The molecular weight excluding hydrogens is 134 g/mol. The maximum atomic E-state index is 3.55. The minimum atomic E-state index is 0.294. The molecule has 0 aliphatic rings. The molecule has 11 heavy (non-hydrogen) atoms. The third-order valence-corrected chi connectivity index (χ3v) is 1.60. The first-order valence-electron chi connectivity index (χ1n) is 4.61. The van der Waals surface area contributed by atoms with Crippen molar-refractivity contribution in [2.45, 2.75) is 59.5 Å². The average Bonchev–Trinajstić information content (AvgIpc) is 1.53. The van der Waals surface area contributed by atoms with Gasteiger partial charge in [0.15, 0.2) is 0 Å². The van der Waals surface area contributed by atoms with Crippen LogP contribution in [-0.2, 0) is 0 Å². The molecule has 0 spiro atoms. The van der Waals surface area contributed by atoms with Gasteiger partial charge in [0.25, 0.3) is 0 Å². The number of hydrogen-bond donors (Lipinski definition) is 1. The summed E-state index contributed by atoms with van der Waals surface area (Å²) in [6.07, 6.45) is 1.24. The van der Waals surface area contributed by atoms with Crippen LogP contribution in [0.1, 0.15) is 48.0 Å². The second kappa shape index (κ2) is 4.10. The summed E-state index contributed by atoms with van der Waals surface area (Å²) in [5, 5.41) is 3.55. The lowest BCUT2D eigenvalue weighted by Gasteiger charge is -2.30. The van der Waals surface area contributed by atoms with Crippen molar-refractivity contribution in [2.75, 3.05) is 0 Å². The number of rotatable bonds is 4. The van der Waals surface area contributed by atoms with Crippen LogP contribution < -0.4 is 5.32 Å². The van der Waals surface area contributed by atoms with Crippen molar-refractivity contribution in [1.82, 2.24) is 5.32 Å². The summed E-state index contributed by atoms with van der Waals surface area (Å²) in [6.45, 7) is 13.5. The molecule has 0 aromatic carbocycles. The molecule has 0 radical (unpaired) electrons. The molecule has 0 unspecified atom stereocenters. The fourth-order valence-corrected chi connectivity index (χ4v) is 1.86. The standard InChI is InChI=1S/C10H23N/c1-8(2)7-10(5,6)11-9(3)4/h8-9,11H,7H2,1-6H3. The molecule has 0 aromatic heterocycles. The van der Waals surface area contributed by atoms with E-state index in [1.54, 1.807) is 0 Å². The van der Waals surface area contributed by atoms with E-state index in [-0.39, 0.29) is 0 Å². The zero-order chi connectivity index (χ0) is 9.07. The van der Waals surface area contributed by atoms with Crippen LogP contribution in [0.5, 0.6) is 0 Å². The molecule has 0 bridgehead atoms. The van der Waals surface area contributed by atoms with Crippen LogP contribution in [-0.4, -0.2) is 11.6 Å². The zero-order valence-corrected chi connectivity index (χ0v) is 8.86. The summed E-state index contributed by atoms with van der Waals surface area (Å²) in [4.78, 5) is 0. The van der Waals surface area contributed by atoms with E-state index in [9.17, 15) is 0 Å². The maximum Gasteiger partial charge on any atom is 0.0129 e. The maximum absolute atomic E-state index is 3.55. The van der Waals surface area contributed by atoms with E-state index in [2.05, 4.69) is 46.9 Å². The second-order valence-corrected chi connectivity index (χ2v) is 4.78. The first kappa shape index (κ1) is 11.0. The van der Waals surface area contributed by atoms with Crippen molar-refractivity contribution >= 4 is 0 Å². The molecule has 0 fully saturated rings. The highest BCUT2D eigenvalue weighted by Gasteiger charge is 2.19. The largest absolute Gasteiger partial charge is 0.310 e. The molecule has 0 heterocycles. The Bertz CT molecular complexity index is 91.4. The highest BCUT2D eigenvalue weighted by molar-refractivity contribution is 4.80. The SMILES string of the molecule is CC(C)CC(C)(C)NC(C)C. The molecular formula is C10H23N. The van der Waals surface area contributed by atoms with Gasteiger partial charge in [0.1, 0.15) is 0 Å². The van der Waals surface area contributed by atoms with E-state index >= 15 is 0 Å². The number of hydrogen-bond acceptors (Lipinski definition) is 1. The molecule has 0 amide bonds. The molecule has 1 nitrogen and oxygen atoms in total. The fourth-order valence-electron chi connectivity index (χ4n) is 1.86. The summed E-state index contributed by atoms with van der Waals surface area (Å²) in [6, 6.07) is 0.587. The molecule has 0 aromatic rings. The van der Waals surface area contributed by atoms with Crippen LogP contribution in [0.3, 0.4) is 0 Å². The van der Waals surface area contributed by atoms with Gasteiger partial charge in [-0.25, -0.2) is 0 Å². The summed E-state index contributed by atoms with van der Waals surface area (Å²) in [5.41, 5.74) is 0.294. The predicted octanol–water partition coefficient (Wildman–Crippen LogP) is 2.81. The van der Waals surface area contributed by atoms with Gasteiger partial charge in [0.2, 0.25) is 0 Å². The average molecular weight is 157 g/mol. The van der Waals surface area contributed by atoms with Gasteiger partial charge in [-0.3, -0.25) is 0 Å². The van der Waals surface area contributed by atoms with E-state index in [0.717, 1.165) is 5.92 Å². The van der Waals surface area contributed by atoms with Crippen molar-refractivity contribution in [3.8, 4) is 0 Å². The van der Waals surface area contributed by atoms with Crippen LogP contribution in [0.4, 0.5) is 0 Å². The van der Waals surface area contributed by atoms with Crippen molar-refractivity contribution in [2.24, 2.45) is 5.92 Å². The van der Waals surface area contributed by atoms with Gasteiger partial charge >= 0.3 is 0 Å². The summed E-state index contributed by atoms with van der Waals surface area (Å²) in [5.74, 6) is 0.774. The Balaban J connectivity index is 3.79. The third-order valence-electron chi connectivity index (χ3n) is 1.60. The van der Waals surface area contributed by atoms with E-state index in [1.807, 2.05) is 0 Å². The van der Waals surface area contributed by atoms with Gasteiger partial charge < -0.3 is 5.32 Å². The van der Waals surface area contributed by atoms with Crippen molar-refractivity contribution in [3.63, 3.8) is 0 Å². The fraction of sp³-hybridized carbons (Fsp3) is 1.00. The van der Waals surface area contributed by atoms with E-state index in [1.165, 1.54) is 6.42 Å². The lowest BCUT2D eigenvalue weighted by molar-refractivity contribution is 0.296. The molecule has 0 aliphatic heterocycles. The first-order chi connectivity index (χ1) is 4.83. The minimum absolute atomic E-state index is 0.294. The highest BCUT2D eigenvalue weighted by Crippen LogP contribution is 2.15. The monoisotopic (exact) mass is 157 g/mol. The Morgan fingerprint density at radius 2 is 1.55 bits per heavy atom. The smallest absolute Gasteiger partial charge is 0.0129 e. The van der Waals surface area contributed by atoms with Crippen LogP contribution in [0, 0.1) is 5.92 Å². The van der Waals surface area contributed by atoms with E-state index < -0.39 is 0 Å². The lowest BCUT2D eigenvalue weighted by Crippen LogP contribution is -2.44. The Morgan fingerprint density at radius 3 is 1.82 bits per heavy atom. The quantitative estimate of drug-likeness (QED) is 0.661. The lowest BCUT2D eigenvalue weighted by atomic mass is 9.92. The van der Waals surface area contributed by atoms with Gasteiger partial charge in [-0.2, -0.15) is 0 Å². The van der Waals surface area contributed by atoms with Crippen LogP contribution in [0.15, 0.2) is 0 Å². The summed E-state index contributed by atoms with van der Waals surface area (Å²) < 4.78 is 0. The molecule has 0 rings (SSSR count). The van der Waals surface area contributed by atoms with Crippen LogP contribution >= 0.6 is 0 Å². The Labute approximate surface area is 71.6 Å². The normalized spacial score (nSPS) is 13.1. The topological polar surface area (TPSA) is 12.0 Å². The summed E-state index contributed by atoms with van der Waals surface area (Å²) in [7, 11) is 0. The minimum Gasteiger partial charge on any atom is -0.310 e. The van der Waals surface area contributed by atoms with Gasteiger partial charge in [0, 0.05) is 11.6 Å². The van der Waals surface area contributed by atoms with Crippen LogP contribution in [0.2, 0.25) is 0 Å². The second-order valence-electron chi connectivity index (χ2n) is 4.78. The molecule has 0 saturated carbocycles. The molecule has 1 N–H and O–H groups in total. The predicted molar refractivity (Wildman–Crippen MR) is 51.8 cm³/mol. The zero-order valence-electron chi connectivity index (χ0n) is 8.86. The molecule has 0 saturated heterocycles. The van der Waals surface area contributed by atoms with Crippen molar-refractivity contribution in [3.05, 3.63) is 0 Å². The van der Waals surface area contributed by atoms with Crippen molar-refractivity contribution < 1.29 is 0 Å². The Kier molecular flexibility index (Phi) is 4.09.